The summed E-state index contributed by atoms with van der Waals surface area (Å²) in [5.41, 5.74) is 3.15. The van der Waals surface area contributed by atoms with Crippen LogP contribution in [-0.4, -0.2) is 14.5 Å². The van der Waals surface area contributed by atoms with Gasteiger partial charge in [0.1, 0.15) is 0 Å². The Morgan fingerprint density at radius 3 is 2.50 bits per heavy atom. The minimum atomic E-state index is 0.605. The fraction of sp³-hybridized carbons (Fsp3) is 0.286. The number of hydrogen-bond donors (Lipinski definition) is 0. The van der Waals surface area contributed by atoms with Crippen molar-refractivity contribution in [2.75, 3.05) is 0 Å². The van der Waals surface area contributed by atoms with E-state index in [4.69, 9.17) is 0 Å². The van der Waals surface area contributed by atoms with Gasteiger partial charge in [-0.25, -0.2) is 0 Å². The van der Waals surface area contributed by atoms with E-state index in [1.54, 1.807) is 18.0 Å². The van der Waals surface area contributed by atoms with Crippen LogP contribution >= 0.6 is 22.6 Å². The van der Waals surface area contributed by atoms with Gasteiger partial charge in [-0.1, -0.05) is 0 Å². The first-order valence-corrected chi connectivity index (χ1v) is 8.51. The molecular formula is C14H13ISe. The monoisotopic (exact) mass is 388 g/mol. The van der Waals surface area contributed by atoms with Gasteiger partial charge in [0.05, 0.1) is 0 Å². The molecule has 0 saturated heterocycles. The van der Waals surface area contributed by atoms with Gasteiger partial charge in [0.25, 0.3) is 0 Å². The summed E-state index contributed by atoms with van der Waals surface area (Å²) in [5, 5.41) is 0. The molecule has 0 unspecified atom stereocenters. The summed E-state index contributed by atoms with van der Waals surface area (Å²) in [6.07, 6.45) is 5.49. The van der Waals surface area contributed by atoms with E-state index in [2.05, 4.69) is 52.9 Å². The molecule has 1 aromatic heterocycles. The molecule has 1 aromatic carbocycles. The van der Waals surface area contributed by atoms with Crippen LogP contribution in [0.4, 0.5) is 0 Å². The van der Waals surface area contributed by atoms with Gasteiger partial charge >= 0.3 is 117 Å². The second kappa shape index (κ2) is 4.67. The van der Waals surface area contributed by atoms with E-state index in [1.807, 2.05) is 0 Å². The van der Waals surface area contributed by atoms with Crippen LogP contribution in [0, 0.1) is 3.57 Å². The van der Waals surface area contributed by atoms with E-state index in [1.165, 1.54) is 31.2 Å². The quantitative estimate of drug-likeness (QED) is 0.515. The van der Waals surface area contributed by atoms with Gasteiger partial charge in [-0.05, 0) is 0 Å². The zero-order chi connectivity index (χ0) is 11.0. The molecule has 0 spiro atoms. The van der Waals surface area contributed by atoms with Crippen molar-refractivity contribution in [1.82, 2.24) is 0 Å². The maximum absolute atomic E-state index is 2.57. The normalized spacial score (nSPS) is 14.8. The fourth-order valence-electron chi connectivity index (χ4n) is 2.30. The minimum absolute atomic E-state index is 0.605. The Morgan fingerprint density at radius 1 is 1.00 bits per heavy atom. The van der Waals surface area contributed by atoms with Crippen molar-refractivity contribution in [3.05, 3.63) is 43.9 Å². The molecule has 82 valence electrons. The van der Waals surface area contributed by atoms with Crippen molar-refractivity contribution in [1.29, 1.82) is 0 Å². The Bertz CT molecular complexity index is 499. The van der Waals surface area contributed by atoms with E-state index in [0.717, 1.165) is 0 Å². The van der Waals surface area contributed by atoms with E-state index >= 15 is 0 Å². The number of hydrogen-bond acceptors (Lipinski definition) is 0. The Hall–Kier alpha value is -0.0505. The van der Waals surface area contributed by atoms with Crippen molar-refractivity contribution < 1.29 is 0 Å². The van der Waals surface area contributed by atoms with Crippen LogP contribution < -0.4 is 0 Å². The molecule has 1 heterocycles. The molecule has 1 aliphatic carbocycles. The van der Waals surface area contributed by atoms with Crippen LogP contribution in [0.15, 0.2) is 30.3 Å². The van der Waals surface area contributed by atoms with Gasteiger partial charge in [-0.15, -0.1) is 0 Å². The van der Waals surface area contributed by atoms with Crippen LogP contribution in [0.2, 0.25) is 0 Å². The summed E-state index contributed by atoms with van der Waals surface area (Å²) >= 11 is 3.17. The van der Waals surface area contributed by atoms with Gasteiger partial charge < -0.3 is 0 Å². The predicted molar refractivity (Wildman–Crippen MR) is 78.2 cm³/mol. The van der Waals surface area contributed by atoms with Crippen molar-refractivity contribution in [3.8, 4) is 10.0 Å². The summed E-state index contributed by atoms with van der Waals surface area (Å²) in [4.78, 5) is 0. The number of benzene rings is 1. The predicted octanol–water partition coefficient (Wildman–Crippen LogP) is 3.89. The first-order chi connectivity index (χ1) is 7.86. The van der Waals surface area contributed by atoms with Gasteiger partial charge in [0.2, 0.25) is 0 Å². The Morgan fingerprint density at radius 2 is 1.75 bits per heavy atom. The summed E-state index contributed by atoms with van der Waals surface area (Å²) in [7, 11) is 0. The van der Waals surface area contributed by atoms with Crippen molar-refractivity contribution in [2.24, 2.45) is 0 Å². The van der Waals surface area contributed by atoms with Crippen molar-refractivity contribution in [3.63, 3.8) is 0 Å². The molecule has 0 atom stereocenters. The number of halogens is 1. The van der Waals surface area contributed by atoms with Gasteiger partial charge in [0, 0.05) is 0 Å². The molecular weight excluding hydrogens is 374 g/mol. The SMILES string of the molecule is Ic1c(-c2ccccc2)[se]c2c1CCCC2. The van der Waals surface area contributed by atoms with Crippen LogP contribution in [0.1, 0.15) is 22.8 Å². The molecule has 2 aromatic rings. The van der Waals surface area contributed by atoms with E-state index in [0.29, 0.717) is 14.5 Å². The molecule has 0 amide bonds. The molecule has 16 heavy (non-hydrogen) atoms. The zero-order valence-electron chi connectivity index (χ0n) is 9.00. The molecule has 0 nitrogen and oxygen atoms in total. The molecule has 0 N–H and O–H groups in total. The summed E-state index contributed by atoms with van der Waals surface area (Å²) in [6, 6.07) is 10.9. The Balaban J connectivity index is 2.12. The Labute approximate surface area is 116 Å². The Kier molecular flexibility index (Phi) is 3.23. The first kappa shape index (κ1) is 11.1. The maximum atomic E-state index is 2.57. The van der Waals surface area contributed by atoms with Crippen LogP contribution in [0.3, 0.4) is 0 Å². The first-order valence-electron chi connectivity index (χ1n) is 5.72. The third-order valence-corrected chi connectivity index (χ3v) is 7.97. The molecule has 0 radical (unpaired) electrons. The average molecular weight is 387 g/mol. The molecule has 2 heteroatoms. The number of rotatable bonds is 1. The average Bonchev–Trinajstić information content (AvgIpc) is 2.69. The second-order valence-corrected chi connectivity index (χ2v) is 7.62. The summed E-state index contributed by atoms with van der Waals surface area (Å²) in [5.74, 6) is 0. The number of aryl methyl sites for hydroxylation is 1. The van der Waals surface area contributed by atoms with E-state index in [9.17, 15) is 0 Å². The molecule has 0 bridgehead atoms. The van der Waals surface area contributed by atoms with Crippen LogP contribution in [0.5, 0.6) is 0 Å². The van der Waals surface area contributed by atoms with Gasteiger partial charge in [-0.2, -0.15) is 0 Å². The molecule has 0 fully saturated rings. The number of fused-ring (bicyclic) bond motifs is 1. The molecule has 3 rings (SSSR count). The topological polar surface area (TPSA) is 0 Å². The third-order valence-electron chi connectivity index (χ3n) is 3.14. The van der Waals surface area contributed by atoms with E-state index in [-0.39, 0.29) is 0 Å². The molecule has 0 aliphatic heterocycles. The third kappa shape index (κ3) is 1.92. The van der Waals surface area contributed by atoms with Gasteiger partial charge in [0.15, 0.2) is 0 Å². The molecule has 0 saturated carbocycles. The zero-order valence-corrected chi connectivity index (χ0v) is 12.9. The van der Waals surface area contributed by atoms with E-state index < -0.39 is 0 Å². The van der Waals surface area contributed by atoms with Crippen molar-refractivity contribution >= 4 is 37.1 Å². The summed E-state index contributed by atoms with van der Waals surface area (Å²) < 4.78 is 4.97. The standard InChI is InChI=1S/C14H13ISe/c15-13-11-8-4-5-9-12(11)16-14(13)10-6-2-1-3-7-10/h1-3,6-7H,4-5,8-9H2. The summed E-state index contributed by atoms with van der Waals surface area (Å²) in [6.45, 7) is 0. The van der Waals surface area contributed by atoms with Crippen molar-refractivity contribution in [2.45, 2.75) is 25.7 Å². The molecule has 1 aliphatic rings. The fourth-order valence-corrected chi connectivity index (χ4v) is 6.89. The second-order valence-electron chi connectivity index (χ2n) is 4.22. The van der Waals surface area contributed by atoms with Gasteiger partial charge in [-0.3, -0.25) is 0 Å². The van der Waals surface area contributed by atoms with Crippen LogP contribution in [0.25, 0.3) is 10.0 Å². The van der Waals surface area contributed by atoms with Crippen LogP contribution in [-0.2, 0) is 12.8 Å².